The van der Waals surface area contributed by atoms with Crippen molar-refractivity contribution in [3.63, 3.8) is 0 Å². The minimum Gasteiger partial charge on any atom is -0.313 e. The lowest BCUT2D eigenvalue weighted by atomic mass is 10.2. The van der Waals surface area contributed by atoms with Crippen LogP contribution < -0.4 is 5.32 Å². The van der Waals surface area contributed by atoms with Crippen molar-refractivity contribution in [3.05, 3.63) is 0 Å². The van der Waals surface area contributed by atoms with E-state index < -0.39 is 0 Å². The van der Waals surface area contributed by atoms with E-state index in [-0.39, 0.29) is 0 Å². The maximum atomic E-state index is 3.40. The van der Waals surface area contributed by atoms with Crippen LogP contribution >= 0.6 is 0 Å². The summed E-state index contributed by atoms with van der Waals surface area (Å²) in [5, 5.41) is 3.40. The van der Waals surface area contributed by atoms with Crippen molar-refractivity contribution in [2.75, 3.05) is 20.6 Å². The van der Waals surface area contributed by atoms with E-state index in [1.807, 2.05) is 0 Å². The van der Waals surface area contributed by atoms with Crippen LogP contribution in [0.25, 0.3) is 0 Å². The molecular formula is C9H20N2. The van der Waals surface area contributed by atoms with Crippen molar-refractivity contribution in [2.45, 2.75) is 38.3 Å². The van der Waals surface area contributed by atoms with E-state index in [2.05, 4.69) is 38.2 Å². The molecule has 0 aromatic carbocycles. The molecule has 1 fully saturated rings. The molecule has 1 N–H and O–H groups in total. The van der Waals surface area contributed by atoms with Crippen LogP contribution in [0.2, 0.25) is 0 Å². The summed E-state index contributed by atoms with van der Waals surface area (Å²) < 4.78 is 0. The average Bonchev–Trinajstić information content (AvgIpc) is 2.69. The molecule has 0 atom stereocenters. The molecule has 0 aliphatic heterocycles. The van der Waals surface area contributed by atoms with Crippen molar-refractivity contribution in [2.24, 2.45) is 0 Å². The fraction of sp³-hybridized carbons (Fsp3) is 1.00. The van der Waals surface area contributed by atoms with Crippen molar-refractivity contribution in [1.82, 2.24) is 10.2 Å². The maximum Gasteiger partial charge on any atom is 0.0307 e. The van der Waals surface area contributed by atoms with E-state index in [9.17, 15) is 0 Å². The van der Waals surface area contributed by atoms with E-state index in [0.29, 0.717) is 11.6 Å². The van der Waals surface area contributed by atoms with Gasteiger partial charge in [-0.25, -0.2) is 0 Å². The second kappa shape index (κ2) is 3.11. The molecular weight excluding hydrogens is 136 g/mol. The Hall–Kier alpha value is -0.0800. The molecule has 1 aliphatic carbocycles. The van der Waals surface area contributed by atoms with Crippen LogP contribution in [0.4, 0.5) is 0 Å². The highest BCUT2D eigenvalue weighted by atomic mass is 15.2. The number of nitrogens with zero attached hydrogens (tertiary/aromatic N) is 1. The van der Waals surface area contributed by atoms with E-state index in [1.54, 1.807) is 0 Å². The maximum absolute atomic E-state index is 3.40. The van der Waals surface area contributed by atoms with Crippen LogP contribution in [0.3, 0.4) is 0 Å². The van der Waals surface area contributed by atoms with Crippen molar-refractivity contribution in [3.8, 4) is 0 Å². The van der Waals surface area contributed by atoms with E-state index in [4.69, 9.17) is 0 Å². The van der Waals surface area contributed by atoms with Crippen LogP contribution in [-0.2, 0) is 0 Å². The first-order valence-corrected chi connectivity index (χ1v) is 4.49. The largest absolute Gasteiger partial charge is 0.313 e. The lowest BCUT2D eigenvalue weighted by Crippen LogP contribution is -2.42. The van der Waals surface area contributed by atoms with Gasteiger partial charge in [0.1, 0.15) is 0 Å². The normalized spacial score (nSPS) is 21.3. The first-order chi connectivity index (χ1) is 5.09. The summed E-state index contributed by atoms with van der Waals surface area (Å²) in [6.45, 7) is 5.68. The number of hydrogen-bond acceptors (Lipinski definition) is 2. The Morgan fingerprint density at radius 1 is 1.45 bits per heavy atom. The van der Waals surface area contributed by atoms with Crippen molar-refractivity contribution >= 4 is 0 Å². The smallest absolute Gasteiger partial charge is 0.0307 e. The summed E-state index contributed by atoms with van der Waals surface area (Å²) in [7, 11) is 4.27. The molecule has 0 aromatic rings. The van der Waals surface area contributed by atoms with Gasteiger partial charge in [-0.15, -0.1) is 0 Å². The van der Waals surface area contributed by atoms with Gasteiger partial charge in [-0.05, 0) is 40.8 Å². The summed E-state index contributed by atoms with van der Waals surface area (Å²) in [6.07, 6.45) is 2.70. The van der Waals surface area contributed by atoms with Crippen molar-refractivity contribution in [1.29, 1.82) is 0 Å². The summed E-state index contributed by atoms with van der Waals surface area (Å²) in [4.78, 5) is 2.41. The molecule has 0 amide bonds. The minimum absolute atomic E-state index is 0.471. The number of hydrogen-bond donors (Lipinski definition) is 1. The van der Waals surface area contributed by atoms with Gasteiger partial charge >= 0.3 is 0 Å². The molecule has 0 heterocycles. The van der Waals surface area contributed by atoms with Gasteiger partial charge in [-0.2, -0.15) is 0 Å². The predicted molar refractivity (Wildman–Crippen MR) is 48.8 cm³/mol. The van der Waals surface area contributed by atoms with Crippen LogP contribution in [0.1, 0.15) is 26.7 Å². The minimum atomic E-state index is 0.471. The Morgan fingerprint density at radius 3 is 2.27 bits per heavy atom. The van der Waals surface area contributed by atoms with E-state index in [0.717, 1.165) is 0 Å². The van der Waals surface area contributed by atoms with Crippen LogP contribution in [-0.4, -0.2) is 37.1 Å². The first-order valence-electron chi connectivity index (χ1n) is 4.49. The standard InChI is InChI=1S/C9H20N2/c1-8(2)11(4)7-9(10-3)5-6-9/h8,10H,5-7H2,1-4H3. The zero-order chi connectivity index (χ0) is 8.48. The highest BCUT2D eigenvalue weighted by Crippen LogP contribution is 2.35. The van der Waals surface area contributed by atoms with Gasteiger partial charge < -0.3 is 10.2 Å². The van der Waals surface area contributed by atoms with Crippen LogP contribution in [0.5, 0.6) is 0 Å². The highest BCUT2D eigenvalue weighted by molar-refractivity contribution is 5.03. The Morgan fingerprint density at radius 2 is 2.00 bits per heavy atom. The predicted octanol–water partition coefficient (Wildman–Crippen LogP) is 1.08. The molecule has 1 rings (SSSR count). The molecule has 0 spiro atoms. The van der Waals surface area contributed by atoms with Gasteiger partial charge in [0.2, 0.25) is 0 Å². The van der Waals surface area contributed by atoms with Crippen LogP contribution in [0.15, 0.2) is 0 Å². The molecule has 11 heavy (non-hydrogen) atoms. The Balaban J connectivity index is 2.30. The number of nitrogens with one attached hydrogen (secondary N) is 1. The van der Waals surface area contributed by atoms with E-state index in [1.165, 1.54) is 19.4 Å². The molecule has 0 radical (unpaired) electrons. The summed E-state index contributed by atoms with van der Waals surface area (Å²) in [5.41, 5.74) is 0.471. The molecule has 0 bridgehead atoms. The fourth-order valence-corrected chi connectivity index (χ4v) is 1.30. The van der Waals surface area contributed by atoms with Crippen molar-refractivity contribution < 1.29 is 0 Å². The molecule has 2 nitrogen and oxygen atoms in total. The van der Waals surface area contributed by atoms with Gasteiger partial charge in [0.05, 0.1) is 0 Å². The third-order valence-corrected chi connectivity index (χ3v) is 2.82. The topological polar surface area (TPSA) is 15.3 Å². The lowest BCUT2D eigenvalue weighted by Gasteiger charge is -2.26. The molecule has 0 aromatic heterocycles. The fourth-order valence-electron chi connectivity index (χ4n) is 1.30. The zero-order valence-corrected chi connectivity index (χ0v) is 8.15. The number of rotatable bonds is 4. The molecule has 0 saturated heterocycles. The quantitative estimate of drug-likeness (QED) is 0.655. The molecule has 2 heteroatoms. The third kappa shape index (κ3) is 2.17. The SMILES string of the molecule is CNC1(CN(C)C(C)C)CC1. The average molecular weight is 156 g/mol. The summed E-state index contributed by atoms with van der Waals surface area (Å²) >= 11 is 0. The van der Waals surface area contributed by atoms with Crippen LogP contribution in [0, 0.1) is 0 Å². The zero-order valence-electron chi connectivity index (χ0n) is 8.15. The molecule has 1 aliphatic rings. The second-order valence-corrected chi connectivity index (χ2v) is 4.04. The Bertz CT molecular complexity index is 128. The highest BCUT2D eigenvalue weighted by Gasteiger charge is 2.41. The molecule has 0 unspecified atom stereocenters. The lowest BCUT2D eigenvalue weighted by molar-refractivity contribution is 0.237. The Labute approximate surface area is 70.0 Å². The summed E-state index contributed by atoms with van der Waals surface area (Å²) in [6, 6.07) is 0.667. The third-order valence-electron chi connectivity index (χ3n) is 2.82. The van der Waals surface area contributed by atoms with Gasteiger partial charge in [0.25, 0.3) is 0 Å². The van der Waals surface area contributed by atoms with Gasteiger partial charge in [0, 0.05) is 18.1 Å². The van der Waals surface area contributed by atoms with Gasteiger partial charge in [-0.1, -0.05) is 0 Å². The molecule has 1 saturated carbocycles. The van der Waals surface area contributed by atoms with E-state index >= 15 is 0 Å². The summed E-state index contributed by atoms with van der Waals surface area (Å²) in [5.74, 6) is 0. The number of likely N-dealkylation sites (N-methyl/N-ethyl adjacent to an activating group) is 2. The molecule has 66 valence electrons. The van der Waals surface area contributed by atoms with Gasteiger partial charge in [0.15, 0.2) is 0 Å². The monoisotopic (exact) mass is 156 g/mol. The second-order valence-electron chi connectivity index (χ2n) is 4.04. The van der Waals surface area contributed by atoms with Gasteiger partial charge in [-0.3, -0.25) is 0 Å². The first kappa shape index (κ1) is 9.01. The Kier molecular flexibility index (Phi) is 2.55.